The lowest BCUT2D eigenvalue weighted by Crippen LogP contribution is -2.20. The van der Waals surface area contributed by atoms with Crippen molar-refractivity contribution in [2.45, 2.75) is 25.8 Å². The fraction of sp³-hybridized carbons (Fsp3) is 0.538. The lowest BCUT2D eigenvalue weighted by atomic mass is 10.0. The van der Waals surface area contributed by atoms with Crippen LogP contribution in [-0.2, 0) is 6.42 Å². The van der Waals surface area contributed by atoms with Crippen LogP contribution < -0.4 is 10.1 Å². The van der Waals surface area contributed by atoms with E-state index in [9.17, 15) is 0 Å². The van der Waals surface area contributed by atoms with Gasteiger partial charge in [0, 0.05) is 19.1 Å². The van der Waals surface area contributed by atoms with Gasteiger partial charge in [0.1, 0.15) is 5.75 Å². The van der Waals surface area contributed by atoms with Crippen LogP contribution in [0.3, 0.4) is 0 Å². The van der Waals surface area contributed by atoms with Crippen LogP contribution in [0.2, 0.25) is 0 Å². The van der Waals surface area contributed by atoms with Gasteiger partial charge in [-0.15, -0.1) is 0 Å². The lowest BCUT2D eigenvalue weighted by molar-refractivity contribution is 0.284. The molecule has 1 unspecified atom stereocenters. The SMILES string of the molecule is CC(NCCCO)c1ccc2c(c1)CCO2. The Hall–Kier alpha value is -1.06. The molecule has 88 valence electrons. The molecule has 0 saturated carbocycles. The Balaban J connectivity index is 1.98. The number of rotatable bonds is 5. The minimum absolute atomic E-state index is 0.248. The van der Waals surface area contributed by atoms with Gasteiger partial charge >= 0.3 is 0 Å². The third-order valence-corrected chi connectivity index (χ3v) is 3.00. The normalized spacial score (nSPS) is 15.6. The van der Waals surface area contributed by atoms with Gasteiger partial charge in [-0.1, -0.05) is 12.1 Å². The summed E-state index contributed by atoms with van der Waals surface area (Å²) in [6, 6.07) is 6.72. The molecule has 0 saturated heterocycles. The molecule has 0 radical (unpaired) electrons. The third kappa shape index (κ3) is 2.54. The van der Waals surface area contributed by atoms with Gasteiger partial charge in [-0.3, -0.25) is 0 Å². The second-order valence-electron chi connectivity index (χ2n) is 4.22. The number of fused-ring (bicyclic) bond motifs is 1. The standard InChI is InChI=1S/C13H19NO2/c1-10(14-6-2-7-15)11-3-4-13-12(9-11)5-8-16-13/h3-4,9-10,14-15H,2,5-8H2,1H3. The summed E-state index contributed by atoms with van der Waals surface area (Å²) in [5.74, 6) is 1.03. The Bertz CT molecular complexity index is 352. The van der Waals surface area contributed by atoms with Gasteiger partial charge < -0.3 is 15.2 Å². The second kappa shape index (κ2) is 5.32. The number of aliphatic hydroxyl groups excluding tert-OH is 1. The highest BCUT2D eigenvalue weighted by atomic mass is 16.5. The fourth-order valence-corrected chi connectivity index (χ4v) is 1.99. The van der Waals surface area contributed by atoms with E-state index in [1.54, 1.807) is 0 Å². The highest BCUT2D eigenvalue weighted by Gasteiger charge is 2.13. The summed E-state index contributed by atoms with van der Waals surface area (Å²) in [6.45, 7) is 4.06. The maximum Gasteiger partial charge on any atom is 0.122 e. The van der Waals surface area contributed by atoms with Gasteiger partial charge in [0.15, 0.2) is 0 Å². The molecule has 1 aromatic rings. The minimum atomic E-state index is 0.248. The highest BCUT2D eigenvalue weighted by molar-refractivity contribution is 5.40. The van der Waals surface area contributed by atoms with Crippen LogP contribution in [-0.4, -0.2) is 24.9 Å². The van der Waals surface area contributed by atoms with E-state index in [2.05, 4.69) is 30.4 Å². The maximum absolute atomic E-state index is 8.72. The van der Waals surface area contributed by atoms with Gasteiger partial charge in [-0.25, -0.2) is 0 Å². The van der Waals surface area contributed by atoms with Gasteiger partial charge in [0.05, 0.1) is 6.61 Å². The van der Waals surface area contributed by atoms with E-state index in [4.69, 9.17) is 9.84 Å². The van der Waals surface area contributed by atoms with E-state index in [0.717, 1.165) is 31.7 Å². The van der Waals surface area contributed by atoms with E-state index in [-0.39, 0.29) is 6.61 Å². The first-order valence-corrected chi connectivity index (χ1v) is 5.91. The van der Waals surface area contributed by atoms with Crippen LogP contribution in [0.15, 0.2) is 18.2 Å². The van der Waals surface area contributed by atoms with Crippen molar-refractivity contribution in [2.24, 2.45) is 0 Å². The molecular formula is C13H19NO2. The summed E-state index contributed by atoms with van der Waals surface area (Å²) in [5, 5.41) is 12.1. The quantitative estimate of drug-likeness (QED) is 0.743. The zero-order valence-corrected chi connectivity index (χ0v) is 9.70. The molecule has 0 aliphatic carbocycles. The molecule has 3 nitrogen and oxygen atoms in total. The molecule has 0 amide bonds. The van der Waals surface area contributed by atoms with Gasteiger partial charge in [-0.2, -0.15) is 0 Å². The number of hydrogen-bond donors (Lipinski definition) is 2. The van der Waals surface area contributed by atoms with Crippen LogP contribution in [0.25, 0.3) is 0 Å². The fourth-order valence-electron chi connectivity index (χ4n) is 1.99. The molecule has 16 heavy (non-hydrogen) atoms. The van der Waals surface area contributed by atoms with Crippen molar-refractivity contribution in [2.75, 3.05) is 19.8 Å². The molecule has 0 bridgehead atoms. The molecule has 3 heteroatoms. The summed E-state index contributed by atoms with van der Waals surface area (Å²) < 4.78 is 5.48. The number of benzene rings is 1. The predicted octanol–water partition coefficient (Wildman–Crippen LogP) is 1.65. The second-order valence-corrected chi connectivity index (χ2v) is 4.22. The molecule has 0 fully saturated rings. The number of nitrogens with one attached hydrogen (secondary N) is 1. The zero-order valence-electron chi connectivity index (χ0n) is 9.70. The number of hydrogen-bond acceptors (Lipinski definition) is 3. The first kappa shape index (κ1) is 11.4. The summed E-state index contributed by atoms with van der Waals surface area (Å²) in [5.41, 5.74) is 2.61. The molecule has 0 aromatic heterocycles. The van der Waals surface area contributed by atoms with Crippen molar-refractivity contribution in [1.29, 1.82) is 0 Å². The first-order valence-electron chi connectivity index (χ1n) is 5.91. The summed E-state index contributed by atoms with van der Waals surface area (Å²) >= 11 is 0. The Kier molecular flexibility index (Phi) is 3.80. The Morgan fingerprint density at radius 3 is 3.19 bits per heavy atom. The van der Waals surface area contributed by atoms with E-state index in [1.807, 2.05) is 0 Å². The minimum Gasteiger partial charge on any atom is -0.493 e. The van der Waals surface area contributed by atoms with Crippen molar-refractivity contribution in [3.8, 4) is 5.75 Å². The van der Waals surface area contributed by atoms with Crippen molar-refractivity contribution in [3.05, 3.63) is 29.3 Å². The van der Waals surface area contributed by atoms with Crippen LogP contribution in [0.1, 0.15) is 30.5 Å². The van der Waals surface area contributed by atoms with Crippen molar-refractivity contribution < 1.29 is 9.84 Å². The van der Waals surface area contributed by atoms with Gasteiger partial charge in [0.25, 0.3) is 0 Å². The topological polar surface area (TPSA) is 41.5 Å². The maximum atomic E-state index is 8.72. The highest BCUT2D eigenvalue weighted by Crippen LogP contribution is 2.27. The van der Waals surface area contributed by atoms with E-state index < -0.39 is 0 Å². The summed E-state index contributed by atoms with van der Waals surface area (Å²) in [4.78, 5) is 0. The van der Waals surface area contributed by atoms with Crippen molar-refractivity contribution in [3.63, 3.8) is 0 Å². The predicted molar refractivity (Wildman–Crippen MR) is 63.8 cm³/mol. The van der Waals surface area contributed by atoms with Crippen LogP contribution in [0, 0.1) is 0 Å². The summed E-state index contributed by atoms with van der Waals surface area (Å²) in [6.07, 6.45) is 1.82. The Labute approximate surface area is 96.4 Å². The smallest absolute Gasteiger partial charge is 0.122 e. The number of aliphatic hydroxyl groups is 1. The lowest BCUT2D eigenvalue weighted by Gasteiger charge is -2.14. The molecule has 1 aliphatic heterocycles. The zero-order chi connectivity index (χ0) is 11.4. The largest absolute Gasteiger partial charge is 0.493 e. The van der Waals surface area contributed by atoms with Gasteiger partial charge in [0.2, 0.25) is 0 Å². The third-order valence-electron chi connectivity index (χ3n) is 3.00. The average molecular weight is 221 g/mol. The first-order chi connectivity index (χ1) is 7.81. The molecule has 1 aliphatic rings. The average Bonchev–Trinajstić information content (AvgIpc) is 2.76. The van der Waals surface area contributed by atoms with Crippen LogP contribution >= 0.6 is 0 Å². The number of ether oxygens (including phenoxy) is 1. The summed E-state index contributed by atoms with van der Waals surface area (Å²) in [7, 11) is 0. The molecule has 1 aromatic carbocycles. The van der Waals surface area contributed by atoms with Crippen molar-refractivity contribution >= 4 is 0 Å². The van der Waals surface area contributed by atoms with E-state index in [1.165, 1.54) is 11.1 Å². The van der Waals surface area contributed by atoms with Crippen LogP contribution in [0.5, 0.6) is 5.75 Å². The van der Waals surface area contributed by atoms with Crippen molar-refractivity contribution in [1.82, 2.24) is 5.32 Å². The molecule has 2 N–H and O–H groups in total. The Morgan fingerprint density at radius 2 is 2.38 bits per heavy atom. The van der Waals surface area contributed by atoms with Crippen LogP contribution in [0.4, 0.5) is 0 Å². The molecular weight excluding hydrogens is 202 g/mol. The van der Waals surface area contributed by atoms with E-state index in [0.29, 0.717) is 6.04 Å². The molecule has 0 spiro atoms. The molecule has 2 rings (SSSR count). The molecule has 1 heterocycles. The van der Waals surface area contributed by atoms with Gasteiger partial charge in [-0.05, 0) is 37.1 Å². The van der Waals surface area contributed by atoms with E-state index >= 15 is 0 Å². The Morgan fingerprint density at radius 1 is 1.50 bits per heavy atom. The molecule has 1 atom stereocenters. The monoisotopic (exact) mass is 221 g/mol.